The smallest absolute Gasteiger partial charge is 0.337 e. The van der Waals surface area contributed by atoms with Crippen LogP contribution in [0.1, 0.15) is 28.2 Å². The topological polar surface area (TPSA) is 38.3 Å². The average molecular weight is 358 g/mol. The number of rotatable bonds is 4. The fourth-order valence-corrected chi connectivity index (χ4v) is 3.19. The highest BCUT2D eigenvalue weighted by atomic mass is 79.9. The first-order chi connectivity index (χ1) is 9.51. The molecule has 3 nitrogen and oxygen atoms in total. The van der Waals surface area contributed by atoms with Crippen LogP contribution in [0, 0.1) is 5.82 Å². The fourth-order valence-electron chi connectivity index (χ4n) is 1.74. The molecule has 106 valence electrons. The summed E-state index contributed by atoms with van der Waals surface area (Å²) in [7, 11) is 1.30. The van der Waals surface area contributed by atoms with Crippen molar-refractivity contribution < 1.29 is 13.9 Å². The number of carbonyl (C=O) groups excluding carboxylic acids is 1. The van der Waals surface area contributed by atoms with Gasteiger partial charge in [0.15, 0.2) is 0 Å². The molecule has 1 N–H and O–H groups in total. The van der Waals surface area contributed by atoms with Crippen molar-refractivity contribution >= 4 is 38.9 Å². The quantitative estimate of drug-likeness (QED) is 0.812. The maximum atomic E-state index is 13.8. The van der Waals surface area contributed by atoms with Crippen LogP contribution in [-0.2, 0) is 4.74 Å². The van der Waals surface area contributed by atoms with Crippen molar-refractivity contribution in [2.75, 3.05) is 12.4 Å². The Morgan fingerprint density at radius 2 is 2.20 bits per heavy atom. The van der Waals surface area contributed by atoms with Gasteiger partial charge in [0.25, 0.3) is 0 Å². The number of anilines is 1. The van der Waals surface area contributed by atoms with E-state index in [-0.39, 0.29) is 11.7 Å². The molecule has 1 aromatic carbocycles. The van der Waals surface area contributed by atoms with Crippen LogP contribution in [0.25, 0.3) is 0 Å². The summed E-state index contributed by atoms with van der Waals surface area (Å²) in [6, 6.07) is 6.03. The van der Waals surface area contributed by atoms with Crippen LogP contribution in [0.3, 0.4) is 0 Å². The summed E-state index contributed by atoms with van der Waals surface area (Å²) < 4.78 is 19.4. The molecule has 0 saturated carbocycles. The van der Waals surface area contributed by atoms with Crippen molar-refractivity contribution in [3.63, 3.8) is 0 Å². The van der Waals surface area contributed by atoms with Crippen molar-refractivity contribution in [3.05, 3.63) is 50.4 Å². The van der Waals surface area contributed by atoms with Gasteiger partial charge in [-0.1, -0.05) is 0 Å². The Balaban J connectivity index is 2.22. The Morgan fingerprint density at radius 3 is 2.80 bits per heavy atom. The van der Waals surface area contributed by atoms with Crippen molar-refractivity contribution in [2.45, 2.75) is 13.0 Å². The summed E-state index contributed by atoms with van der Waals surface area (Å²) >= 11 is 4.96. The molecule has 1 heterocycles. The maximum Gasteiger partial charge on any atom is 0.337 e. The van der Waals surface area contributed by atoms with E-state index in [1.807, 2.05) is 18.4 Å². The first-order valence-corrected chi connectivity index (χ1v) is 7.57. The van der Waals surface area contributed by atoms with Crippen molar-refractivity contribution in [2.24, 2.45) is 0 Å². The van der Waals surface area contributed by atoms with Crippen LogP contribution in [0.5, 0.6) is 0 Å². The second-order valence-electron chi connectivity index (χ2n) is 4.22. The first kappa shape index (κ1) is 15.0. The van der Waals surface area contributed by atoms with Crippen LogP contribution < -0.4 is 5.32 Å². The van der Waals surface area contributed by atoms with Crippen LogP contribution >= 0.6 is 27.3 Å². The molecule has 0 saturated heterocycles. The van der Waals surface area contributed by atoms with Gasteiger partial charge in [0.1, 0.15) is 5.82 Å². The highest BCUT2D eigenvalue weighted by Gasteiger charge is 2.13. The second-order valence-corrected chi connectivity index (χ2v) is 6.08. The molecule has 1 atom stereocenters. The minimum absolute atomic E-state index is 0.0614. The van der Waals surface area contributed by atoms with Crippen LogP contribution in [0.15, 0.2) is 34.1 Å². The van der Waals surface area contributed by atoms with Gasteiger partial charge in [-0.3, -0.25) is 0 Å². The monoisotopic (exact) mass is 357 g/mol. The summed E-state index contributed by atoms with van der Waals surface area (Å²) in [6.07, 6.45) is 0. The number of nitrogens with one attached hydrogen (secondary N) is 1. The number of thiophene rings is 1. The number of benzene rings is 1. The van der Waals surface area contributed by atoms with E-state index in [0.29, 0.717) is 5.56 Å². The molecule has 0 aliphatic rings. The number of hydrogen-bond acceptors (Lipinski definition) is 4. The van der Waals surface area contributed by atoms with Gasteiger partial charge in [-0.15, -0.1) is 11.3 Å². The highest BCUT2D eigenvalue weighted by Crippen LogP contribution is 2.29. The van der Waals surface area contributed by atoms with E-state index >= 15 is 0 Å². The van der Waals surface area contributed by atoms with E-state index in [1.165, 1.54) is 25.3 Å². The number of hydrogen-bond donors (Lipinski definition) is 1. The third-order valence-corrected chi connectivity index (χ3v) is 4.65. The number of methoxy groups -OCH3 is 1. The molecule has 0 bridgehead atoms. The Bertz CT molecular complexity index is 629. The van der Waals surface area contributed by atoms with Gasteiger partial charge in [0, 0.05) is 14.7 Å². The Labute approximate surface area is 128 Å². The molecular weight excluding hydrogens is 345 g/mol. The van der Waals surface area contributed by atoms with E-state index in [9.17, 15) is 9.18 Å². The molecule has 1 unspecified atom stereocenters. The summed E-state index contributed by atoms with van der Waals surface area (Å²) in [5, 5.41) is 5.03. The number of esters is 1. The molecule has 0 fully saturated rings. The lowest BCUT2D eigenvalue weighted by molar-refractivity contribution is 0.0600. The van der Waals surface area contributed by atoms with Gasteiger partial charge in [-0.05, 0) is 47.1 Å². The van der Waals surface area contributed by atoms with Crippen LogP contribution in [-0.4, -0.2) is 13.1 Å². The zero-order chi connectivity index (χ0) is 14.7. The van der Waals surface area contributed by atoms with Crippen molar-refractivity contribution in [3.8, 4) is 0 Å². The molecule has 20 heavy (non-hydrogen) atoms. The lowest BCUT2D eigenvalue weighted by Crippen LogP contribution is -2.08. The molecule has 2 aromatic rings. The van der Waals surface area contributed by atoms with Gasteiger partial charge in [-0.2, -0.15) is 0 Å². The van der Waals surface area contributed by atoms with E-state index in [2.05, 4.69) is 26.0 Å². The minimum atomic E-state index is -0.487. The Morgan fingerprint density at radius 1 is 1.45 bits per heavy atom. The molecule has 0 aliphatic heterocycles. The molecule has 0 aliphatic carbocycles. The fraction of sp³-hybridized carbons (Fsp3) is 0.214. The van der Waals surface area contributed by atoms with E-state index in [1.54, 1.807) is 11.3 Å². The Kier molecular flexibility index (Phi) is 4.77. The summed E-state index contributed by atoms with van der Waals surface area (Å²) in [5.74, 6) is -0.889. The van der Waals surface area contributed by atoms with Crippen LogP contribution in [0.2, 0.25) is 0 Å². The predicted molar refractivity (Wildman–Crippen MR) is 81.8 cm³/mol. The highest BCUT2D eigenvalue weighted by molar-refractivity contribution is 9.10. The summed E-state index contributed by atoms with van der Waals surface area (Å²) in [4.78, 5) is 12.5. The zero-order valence-corrected chi connectivity index (χ0v) is 13.3. The molecule has 2 rings (SSSR count). The van der Waals surface area contributed by atoms with E-state index in [4.69, 9.17) is 0 Å². The number of halogens is 2. The lowest BCUT2D eigenvalue weighted by atomic mass is 10.1. The molecule has 0 radical (unpaired) electrons. The van der Waals surface area contributed by atoms with Gasteiger partial charge in [0.05, 0.1) is 24.4 Å². The average Bonchev–Trinajstić information content (AvgIpc) is 2.87. The van der Waals surface area contributed by atoms with Gasteiger partial charge >= 0.3 is 5.97 Å². The third kappa shape index (κ3) is 3.37. The summed E-state index contributed by atoms with van der Waals surface area (Å²) in [6.45, 7) is 1.93. The van der Waals surface area contributed by atoms with Gasteiger partial charge in [0.2, 0.25) is 0 Å². The molecule has 6 heteroatoms. The minimum Gasteiger partial charge on any atom is -0.465 e. The number of ether oxygens (including phenoxy) is 1. The third-order valence-electron chi connectivity index (χ3n) is 2.77. The molecule has 1 aromatic heterocycles. The summed E-state index contributed by atoms with van der Waals surface area (Å²) in [5.41, 5.74) is 0.598. The van der Waals surface area contributed by atoms with Gasteiger partial charge < -0.3 is 10.1 Å². The van der Waals surface area contributed by atoms with Crippen molar-refractivity contribution in [1.29, 1.82) is 0 Å². The van der Waals surface area contributed by atoms with Crippen molar-refractivity contribution in [1.82, 2.24) is 0 Å². The maximum absolute atomic E-state index is 13.8. The normalized spacial score (nSPS) is 12.0. The largest absolute Gasteiger partial charge is 0.465 e. The molecular formula is C14H13BrFNO2S. The SMILES string of the molecule is COC(=O)c1ccc(F)c(NC(C)c2cc(Br)cs2)c1. The lowest BCUT2D eigenvalue weighted by Gasteiger charge is -2.15. The molecule has 0 amide bonds. The first-order valence-electron chi connectivity index (χ1n) is 5.89. The Hall–Kier alpha value is -1.40. The van der Waals surface area contributed by atoms with Crippen LogP contribution in [0.4, 0.5) is 10.1 Å². The molecule has 0 spiro atoms. The second kappa shape index (κ2) is 6.37. The number of carbonyl (C=O) groups is 1. The zero-order valence-electron chi connectivity index (χ0n) is 10.9. The predicted octanol–water partition coefficient (Wildman–Crippen LogP) is 4.61. The van der Waals surface area contributed by atoms with Gasteiger partial charge in [-0.25, -0.2) is 9.18 Å². The van der Waals surface area contributed by atoms with E-state index in [0.717, 1.165) is 9.35 Å². The van der Waals surface area contributed by atoms with E-state index < -0.39 is 11.8 Å². The standard InChI is InChI=1S/C14H13BrFNO2S/c1-8(13-6-10(15)7-20-13)17-12-5-9(14(18)19-2)3-4-11(12)16/h3-8,17H,1-2H3.